The van der Waals surface area contributed by atoms with Gasteiger partial charge < -0.3 is 9.84 Å². The summed E-state index contributed by atoms with van der Waals surface area (Å²) in [5.74, 6) is 5.89. The predicted molar refractivity (Wildman–Crippen MR) is 145 cm³/mol. The molecule has 200 valence electrons. The molecule has 0 saturated carbocycles. The summed E-state index contributed by atoms with van der Waals surface area (Å²) < 4.78 is 34.1. The molecule has 1 unspecified atom stereocenters. The van der Waals surface area contributed by atoms with Gasteiger partial charge >= 0.3 is 5.97 Å². The molecule has 4 rings (SSSR count). The molecule has 1 N–H and O–H groups in total. The van der Waals surface area contributed by atoms with Crippen molar-refractivity contribution in [2.75, 3.05) is 26.7 Å². The van der Waals surface area contributed by atoms with Gasteiger partial charge in [-0.2, -0.15) is 0 Å². The molecule has 0 amide bonds. The third kappa shape index (κ3) is 7.21. The number of ether oxygens (including phenoxy) is 1. The van der Waals surface area contributed by atoms with Crippen LogP contribution in [0.4, 0.5) is 8.78 Å². The number of hydrogen-bond donors (Lipinski definition) is 1. The zero-order valence-corrected chi connectivity index (χ0v) is 22.1. The SMILES string of the molecule is COc1ccc2nccc(C(F)CC[C@@H]3CCN(CC#Cc4ccc(F)cc4Cl)C[C@@H]3CCC(=O)O)c2c1. The number of alkyl halides is 1. The topological polar surface area (TPSA) is 62.7 Å². The standard InChI is InChI=1S/C30H31ClF2N2O3/c1-38-24-8-10-29-26(18-24)25(12-14-34-29)28(33)9-5-20-13-16-35(19-22(20)6-11-30(36)37)15-2-3-21-4-7-23(32)17-27(21)31/h4,7-8,10,12,14,17-18,20,22,28H,5-6,9,11,13,15-16,19H2,1H3,(H,36,37)/t20-,22+,28?/m1/s1. The highest BCUT2D eigenvalue weighted by Crippen LogP contribution is 2.36. The molecule has 5 nitrogen and oxygen atoms in total. The van der Waals surface area contributed by atoms with E-state index >= 15 is 4.39 Å². The fourth-order valence-corrected chi connectivity index (χ4v) is 5.43. The summed E-state index contributed by atoms with van der Waals surface area (Å²) >= 11 is 6.06. The van der Waals surface area contributed by atoms with Crippen LogP contribution in [0.1, 0.15) is 49.4 Å². The van der Waals surface area contributed by atoms with Crippen LogP contribution in [0.3, 0.4) is 0 Å². The number of fused-ring (bicyclic) bond motifs is 1. The van der Waals surface area contributed by atoms with Crippen LogP contribution >= 0.6 is 11.6 Å². The second-order valence-corrected chi connectivity index (χ2v) is 10.1. The highest BCUT2D eigenvalue weighted by Gasteiger charge is 2.30. The van der Waals surface area contributed by atoms with Gasteiger partial charge in [0.15, 0.2) is 0 Å². The van der Waals surface area contributed by atoms with E-state index in [1.807, 2.05) is 18.2 Å². The Morgan fingerprint density at radius 3 is 2.84 bits per heavy atom. The molecule has 0 spiro atoms. The molecule has 1 aromatic heterocycles. The van der Waals surface area contributed by atoms with Crippen molar-refractivity contribution < 1.29 is 23.4 Å². The van der Waals surface area contributed by atoms with Gasteiger partial charge in [-0.15, -0.1) is 0 Å². The summed E-state index contributed by atoms with van der Waals surface area (Å²) in [6, 6.07) is 11.3. The molecule has 3 aromatic rings. The van der Waals surface area contributed by atoms with Crippen molar-refractivity contribution in [2.24, 2.45) is 11.8 Å². The lowest BCUT2D eigenvalue weighted by molar-refractivity contribution is -0.137. The molecule has 0 aliphatic carbocycles. The van der Waals surface area contributed by atoms with Crippen LogP contribution in [-0.4, -0.2) is 47.7 Å². The van der Waals surface area contributed by atoms with Gasteiger partial charge in [-0.05, 0) is 92.1 Å². The Balaban J connectivity index is 1.40. The average molecular weight is 541 g/mol. The monoisotopic (exact) mass is 540 g/mol. The number of likely N-dealkylation sites (tertiary alicyclic amines) is 1. The highest BCUT2D eigenvalue weighted by molar-refractivity contribution is 6.31. The number of pyridine rings is 1. The van der Waals surface area contributed by atoms with Crippen LogP contribution in [0.15, 0.2) is 48.7 Å². The third-order valence-electron chi connectivity index (χ3n) is 7.27. The minimum atomic E-state index is -1.16. The predicted octanol–water partition coefficient (Wildman–Crippen LogP) is 6.68. The Labute approximate surface area is 226 Å². The van der Waals surface area contributed by atoms with Gasteiger partial charge in [-0.1, -0.05) is 23.4 Å². The first kappa shape index (κ1) is 27.8. The maximum Gasteiger partial charge on any atom is 0.303 e. The Morgan fingerprint density at radius 1 is 1.24 bits per heavy atom. The summed E-state index contributed by atoms with van der Waals surface area (Å²) in [4.78, 5) is 17.8. The van der Waals surface area contributed by atoms with E-state index in [1.54, 1.807) is 25.4 Å². The van der Waals surface area contributed by atoms with Crippen molar-refractivity contribution in [3.05, 3.63) is 70.6 Å². The van der Waals surface area contributed by atoms with Gasteiger partial charge in [0, 0.05) is 30.1 Å². The maximum absolute atomic E-state index is 15.5. The second-order valence-electron chi connectivity index (χ2n) is 9.73. The van der Waals surface area contributed by atoms with Crippen LogP contribution in [0, 0.1) is 29.5 Å². The molecular formula is C30H31ClF2N2O3. The summed E-state index contributed by atoms with van der Waals surface area (Å²) in [6.07, 6.45) is 2.97. The molecule has 1 aliphatic rings. The van der Waals surface area contributed by atoms with Crippen molar-refractivity contribution >= 4 is 28.5 Å². The first-order chi connectivity index (χ1) is 18.3. The van der Waals surface area contributed by atoms with Gasteiger partial charge in [0.1, 0.15) is 17.7 Å². The lowest BCUT2D eigenvalue weighted by atomic mass is 9.79. The summed E-state index contributed by atoms with van der Waals surface area (Å²) in [5.41, 5.74) is 1.89. The number of methoxy groups -OCH3 is 1. The summed E-state index contributed by atoms with van der Waals surface area (Å²) in [5, 5.41) is 10.3. The van der Waals surface area contributed by atoms with Crippen LogP contribution in [0.25, 0.3) is 10.9 Å². The smallest absolute Gasteiger partial charge is 0.303 e. The fraction of sp³-hybridized carbons (Fsp3) is 0.400. The van der Waals surface area contributed by atoms with Crippen molar-refractivity contribution in [1.29, 1.82) is 0 Å². The molecule has 0 radical (unpaired) electrons. The van der Waals surface area contributed by atoms with Crippen molar-refractivity contribution in [3.8, 4) is 17.6 Å². The van der Waals surface area contributed by atoms with Crippen LogP contribution < -0.4 is 4.74 Å². The minimum Gasteiger partial charge on any atom is -0.497 e. The maximum atomic E-state index is 15.5. The van der Waals surface area contributed by atoms with Gasteiger partial charge in [0.25, 0.3) is 0 Å². The van der Waals surface area contributed by atoms with Gasteiger partial charge in [-0.3, -0.25) is 14.7 Å². The van der Waals surface area contributed by atoms with E-state index in [0.717, 1.165) is 23.9 Å². The number of benzene rings is 2. The Bertz CT molecular complexity index is 1340. The molecule has 2 heterocycles. The Morgan fingerprint density at radius 2 is 2.08 bits per heavy atom. The zero-order chi connectivity index (χ0) is 27.1. The highest BCUT2D eigenvalue weighted by atomic mass is 35.5. The number of aromatic nitrogens is 1. The van der Waals surface area contributed by atoms with Crippen molar-refractivity contribution in [2.45, 2.75) is 38.3 Å². The number of carbonyl (C=O) groups is 1. The Kier molecular flexibility index (Phi) is 9.54. The molecule has 2 aromatic carbocycles. The minimum absolute atomic E-state index is 0.0830. The molecular weight excluding hydrogens is 510 g/mol. The number of nitrogens with zero attached hydrogens (tertiary/aromatic N) is 2. The number of carboxylic acid groups (broad SMARTS) is 1. The van der Waals surface area contributed by atoms with Gasteiger partial charge in [0.2, 0.25) is 0 Å². The van der Waals surface area contributed by atoms with E-state index in [4.69, 9.17) is 16.3 Å². The Hall–Kier alpha value is -3.21. The van der Waals surface area contributed by atoms with Gasteiger partial charge in [-0.25, -0.2) is 8.78 Å². The number of hydrogen-bond acceptors (Lipinski definition) is 4. The lowest BCUT2D eigenvalue weighted by Crippen LogP contribution is -2.41. The third-order valence-corrected chi connectivity index (χ3v) is 7.58. The van der Waals surface area contributed by atoms with Crippen LogP contribution in [0.2, 0.25) is 5.02 Å². The molecule has 38 heavy (non-hydrogen) atoms. The fourth-order valence-electron chi connectivity index (χ4n) is 5.22. The van der Waals surface area contributed by atoms with Crippen molar-refractivity contribution in [1.82, 2.24) is 9.88 Å². The largest absolute Gasteiger partial charge is 0.497 e. The van der Waals surface area contributed by atoms with E-state index in [2.05, 4.69) is 21.7 Å². The molecule has 1 saturated heterocycles. The first-order valence-corrected chi connectivity index (χ1v) is 13.2. The molecule has 0 bridgehead atoms. The van der Waals surface area contributed by atoms with E-state index in [-0.39, 0.29) is 23.3 Å². The molecule has 3 atom stereocenters. The lowest BCUT2D eigenvalue weighted by Gasteiger charge is -2.38. The van der Waals surface area contributed by atoms with E-state index < -0.39 is 18.0 Å². The summed E-state index contributed by atoms with van der Waals surface area (Å²) in [7, 11) is 1.58. The molecule has 1 fully saturated rings. The van der Waals surface area contributed by atoms with Gasteiger partial charge in [0.05, 0.1) is 24.2 Å². The zero-order valence-electron chi connectivity index (χ0n) is 21.3. The quantitative estimate of drug-likeness (QED) is 0.307. The average Bonchev–Trinajstić information content (AvgIpc) is 2.91. The van der Waals surface area contributed by atoms with Crippen LogP contribution in [-0.2, 0) is 4.79 Å². The second kappa shape index (κ2) is 13.0. The van der Waals surface area contributed by atoms with E-state index in [9.17, 15) is 14.3 Å². The number of aliphatic carboxylic acids is 1. The summed E-state index contributed by atoms with van der Waals surface area (Å²) in [6.45, 7) is 2.00. The number of rotatable bonds is 9. The first-order valence-electron chi connectivity index (χ1n) is 12.8. The molecule has 8 heteroatoms. The normalized spacial score (nSPS) is 18.5. The molecule has 1 aliphatic heterocycles. The van der Waals surface area contributed by atoms with Crippen molar-refractivity contribution in [3.63, 3.8) is 0 Å². The number of carboxylic acids is 1. The van der Waals surface area contributed by atoms with E-state index in [1.165, 1.54) is 12.1 Å². The van der Waals surface area contributed by atoms with Crippen LogP contribution in [0.5, 0.6) is 5.75 Å². The number of piperidine rings is 1. The number of halogens is 3. The van der Waals surface area contributed by atoms with E-state index in [0.29, 0.717) is 49.2 Å².